The second kappa shape index (κ2) is 9.44. The number of nitrogens with zero attached hydrogens (tertiary/aromatic N) is 1. The summed E-state index contributed by atoms with van der Waals surface area (Å²) < 4.78 is 15.9. The van der Waals surface area contributed by atoms with Gasteiger partial charge in [0.05, 0.1) is 31.8 Å². The molecule has 7 heteroatoms. The van der Waals surface area contributed by atoms with Crippen molar-refractivity contribution in [2.24, 2.45) is 0 Å². The summed E-state index contributed by atoms with van der Waals surface area (Å²) in [5.74, 6) is 0.471. The topological polar surface area (TPSA) is 97.6 Å². The van der Waals surface area contributed by atoms with Crippen LogP contribution in [-0.2, 0) is 9.59 Å². The van der Waals surface area contributed by atoms with Gasteiger partial charge in [0.25, 0.3) is 0 Å². The quantitative estimate of drug-likeness (QED) is 0.520. The lowest BCUT2D eigenvalue weighted by molar-refractivity contribution is -0.132. The highest BCUT2D eigenvalue weighted by Gasteiger charge is 2.39. The predicted octanol–water partition coefficient (Wildman–Crippen LogP) is 4.51. The lowest BCUT2D eigenvalue weighted by atomic mass is 9.72. The summed E-state index contributed by atoms with van der Waals surface area (Å²) in [5.41, 5.74) is 4.44. The number of hydrogen-bond acceptors (Lipinski definition) is 7. The molecule has 0 spiro atoms. The highest BCUT2D eigenvalue weighted by molar-refractivity contribution is 6.00. The van der Waals surface area contributed by atoms with Gasteiger partial charge < -0.3 is 19.5 Å². The molecule has 2 atom stereocenters. The number of benzene rings is 2. The van der Waals surface area contributed by atoms with E-state index >= 15 is 0 Å². The van der Waals surface area contributed by atoms with Crippen LogP contribution in [-0.4, -0.2) is 26.0 Å². The number of nitriles is 1. The molecule has 0 unspecified atom stereocenters. The Morgan fingerprint density at radius 1 is 1.03 bits per heavy atom. The lowest BCUT2D eigenvalue weighted by Crippen LogP contribution is -2.33. The highest BCUT2D eigenvalue weighted by atomic mass is 16.6. The zero-order chi connectivity index (χ0) is 24.4. The molecule has 0 saturated heterocycles. The number of nitrogens with one attached hydrogen (secondary N) is 1. The molecule has 1 heterocycles. The Bertz CT molecular complexity index is 1250. The van der Waals surface area contributed by atoms with Gasteiger partial charge in [0, 0.05) is 30.3 Å². The van der Waals surface area contributed by atoms with E-state index in [4.69, 9.17) is 14.2 Å². The Balaban J connectivity index is 1.75. The Morgan fingerprint density at radius 3 is 2.35 bits per heavy atom. The van der Waals surface area contributed by atoms with E-state index in [0.29, 0.717) is 29.7 Å². The standard InChI is InChI=1S/C27H26N2O5/c1-15-21(14-28)26(18-7-10-24(34-16(2)30)25(13-18)33-4)27-22(29-15)11-19(12-23(27)31)17-5-8-20(32-3)9-6-17/h5-10,13,19,26,29H,11-12H2,1-4H3/t19-,26+/m1/s1. The molecule has 0 amide bonds. The number of ether oxygens (including phenoxy) is 3. The molecule has 1 aliphatic carbocycles. The first-order chi connectivity index (χ1) is 16.4. The maximum absolute atomic E-state index is 13.5. The molecule has 4 rings (SSSR count). The van der Waals surface area contributed by atoms with Crippen molar-refractivity contribution >= 4 is 11.8 Å². The SMILES string of the molecule is COc1ccc([C@H]2CC(=O)C3=C(C2)NC(C)=C(C#N)[C@@H]3c2ccc(OC(C)=O)c(OC)c2)cc1. The van der Waals surface area contributed by atoms with Gasteiger partial charge in [-0.1, -0.05) is 18.2 Å². The van der Waals surface area contributed by atoms with Gasteiger partial charge in [-0.25, -0.2) is 0 Å². The number of dihydropyridines is 1. The number of esters is 1. The van der Waals surface area contributed by atoms with Crippen LogP contribution >= 0.6 is 0 Å². The number of hydrogen-bond donors (Lipinski definition) is 1. The van der Waals surface area contributed by atoms with Gasteiger partial charge in [0.2, 0.25) is 0 Å². The van der Waals surface area contributed by atoms with E-state index in [2.05, 4.69) is 11.4 Å². The number of rotatable bonds is 5. The fourth-order valence-electron chi connectivity index (χ4n) is 4.74. The van der Waals surface area contributed by atoms with Crippen LogP contribution in [0, 0.1) is 11.3 Å². The Morgan fingerprint density at radius 2 is 1.74 bits per heavy atom. The molecular weight excluding hydrogens is 432 g/mol. The third-order valence-electron chi connectivity index (χ3n) is 6.31. The number of carbonyl (C=O) groups excluding carboxylic acids is 2. The van der Waals surface area contributed by atoms with Gasteiger partial charge in [-0.05, 0) is 54.7 Å². The summed E-state index contributed by atoms with van der Waals surface area (Å²) in [7, 11) is 3.11. The van der Waals surface area contributed by atoms with Crippen molar-refractivity contribution in [3.05, 3.63) is 76.1 Å². The summed E-state index contributed by atoms with van der Waals surface area (Å²) in [5, 5.41) is 13.3. The van der Waals surface area contributed by atoms with E-state index in [1.165, 1.54) is 14.0 Å². The average molecular weight is 459 g/mol. The minimum absolute atomic E-state index is 0.00264. The van der Waals surface area contributed by atoms with E-state index in [0.717, 1.165) is 28.3 Å². The van der Waals surface area contributed by atoms with Crippen molar-refractivity contribution < 1.29 is 23.8 Å². The Hall–Kier alpha value is -4.05. The maximum atomic E-state index is 13.5. The van der Waals surface area contributed by atoms with Gasteiger partial charge in [-0.2, -0.15) is 5.26 Å². The van der Waals surface area contributed by atoms with Crippen LogP contribution in [0.4, 0.5) is 0 Å². The molecule has 7 nitrogen and oxygen atoms in total. The number of carbonyl (C=O) groups is 2. The van der Waals surface area contributed by atoms with Gasteiger partial charge in [0.1, 0.15) is 5.75 Å². The Kier molecular flexibility index (Phi) is 6.42. The molecule has 2 aromatic rings. The zero-order valence-corrected chi connectivity index (χ0v) is 19.6. The molecule has 0 saturated carbocycles. The van der Waals surface area contributed by atoms with Crippen LogP contribution in [0.3, 0.4) is 0 Å². The minimum atomic E-state index is -0.522. The normalized spacial score (nSPS) is 19.7. The van der Waals surface area contributed by atoms with Crippen LogP contribution < -0.4 is 19.5 Å². The minimum Gasteiger partial charge on any atom is -0.497 e. The predicted molar refractivity (Wildman–Crippen MR) is 125 cm³/mol. The van der Waals surface area contributed by atoms with E-state index in [1.54, 1.807) is 25.3 Å². The van der Waals surface area contributed by atoms with E-state index < -0.39 is 11.9 Å². The first-order valence-corrected chi connectivity index (χ1v) is 11.0. The number of methoxy groups -OCH3 is 2. The largest absolute Gasteiger partial charge is 0.497 e. The molecule has 2 aliphatic rings. The van der Waals surface area contributed by atoms with E-state index in [9.17, 15) is 14.9 Å². The molecule has 0 fully saturated rings. The van der Waals surface area contributed by atoms with Crippen LogP contribution in [0.2, 0.25) is 0 Å². The number of allylic oxidation sites excluding steroid dienone is 4. The monoisotopic (exact) mass is 458 g/mol. The van der Waals surface area contributed by atoms with Crippen LogP contribution in [0.25, 0.3) is 0 Å². The van der Waals surface area contributed by atoms with Gasteiger partial charge >= 0.3 is 5.97 Å². The second-order valence-corrected chi connectivity index (χ2v) is 8.41. The van der Waals surface area contributed by atoms with Crippen molar-refractivity contribution in [3.8, 4) is 23.3 Å². The van der Waals surface area contributed by atoms with Crippen molar-refractivity contribution in [2.75, 3.05) is 14.2 Å². The summed E-state index contributed by atoms with van der Waals surface area (Å²) in [4.78, 5) is 24.9. The molecule has 0 radical (unpaired) electrons. The van der Waals surface area contributed by atoms with E-state index in [-0.39, 0.29) is 17.5 Å². The molecule has 1 aliphatic heterocycles. The number of ketones is 1. The van der Waals surface area contributed by atoms with Crippen molar-refractivity contribution in [2.45, 2.75) is 38.5 Å². The molecule has 0 bridgehead atoms. The first kappa shape index (κ1) is 23.1. The van der Waals surface area contributed by atoms with Gasteiger partial charge in [0.15, 0.2) is 17.3 Å². The molecular formula is C27H26N2O5. The zero-order valence-electron chi connectivity index (χ0n) is 19.6. The fourth-order valence-corrected chi connectivity index (χ4v) is 4.74. The summed E-state index contributed by atoms with van der Waals surface area (Å²) in [6.07, 6.45) is 1.01. The van der Waals surface area contributed by atoms with Crippen LogP contribution in [0.1, 0.15) is 49.7 Å². The number of Topliss-reactive ketones (excluding diaryl/α,β-unsaturated/α-hetero) is 1. The third-order valence-corrected chi connectivity index (χ3v) is 6.31. The highest BCUT2D eigenvalue weighted by Crippen LogP contribution is 2.46. The average Bonchev–Trinajstić information content (AvgIpc) is 2.83. The maximum Gasteiger partial charge on any atom is 0.308 e. The Labute approximate surface area is 198 Å². The molecule has 2 aromatic carbocycles. The molecule has 0 aromatic heterocycles. The summed E-state index contributed by atoms with van der Waals surface area (Å²) in [6, 6.07) is 15.2. The van der Waals surface area contributed by atoms with Crippen LogP contribution in [0.5, 0.6) is 17.2 Å². The second-order valence-electron chi connectivity index (χ2n) is 8.41. The lowest BCUT2D eigenvalue weighted by Gasteiger charge is -2.35. The van der Waals surface area contributed by atoms with Crippen molar-refractivity contribution in [3.63, 3.8) is 0 Å². The smallest absolute Gasteiger partial charge is 0.308 e. The van der Waals surface area contributed by atoms with Crippen LogP contribution in [0.15, 0.2) is 65.0 Å². The van der Waals surface area contributed by atoms with Gasteiger partial charge in [-0.15, -0.1) is 0 Å². The van der Waals surface area contributed by atoms with Gasteiger partial charge in [-0.3, -0.25) is 9.59 Å². The summed E-state index contributed by atoms with van der Waals surface area (Å²) in [6.45, 7) is 3.17. The summed E-state index contributed by atoms with van der Waals surface area (Å²) >= 11 is 0. The fraction of sp³-hybridized carbons (Fsp3) is 0.296. The third kappa shape index (κ3) is 4.27. The molecule has 34 heavy (non-hydrogen) atoms. The molecule has 1 N–H and O–H groups in total. The van der Waals surface area contributed by atoms with Crippen molar-refractivity contribution in [1.29, 1.82) is 5.26 Å². The van der Waals surface area contributed by atoms with E-state index in [1.807, 2.05) is 31.2 Å². The molecule has 174 valence electrons. The first-order valence-electron chi connectivity index (χ1n) is 11.0. The van der Waals surface area contributed by atoms with Crippen molar-refractivity contribution in [1.82, 2.24) is 5.32 Å².